The van der Waals surface area contributed by atoms with E-state index in [0.717, 1.165) is 160 Å². The highest BCUT2D eigenvalue weighted by Gasteiger charge is 2.65. The summed E-state index contributed by atoms with van der Waals surface area (Å²) in [7, 11) is 1.09. The third-order valence-corrected chi connectivity index (χ3v) is 43.8. The number of rotatable bonds is 16. The number of thiophene rings is 2. The molecule has 16 heterocycles. The summed E-state index contributed by atoms with van der Waals surface area (Å²) in [6, 6.07) is 50.8. The molecule has 0 spiro atoms. The topological polar surface area (TPSA) is 232 Å². The summed E-state index contributed by atoms with van der Waals surface area (Å²) in [6.45, 7) is 25.6. The number of ether oxygens (including phenoxy) is 14. The monoisotopic (exact) mass is 2030 g/mol. The summed E-state index contributed by atoms with van der Waals surface area (Å²) in [5, 5.41) is 7.37. The summed E-state index contributed by atoms with van der Waals surface area (Å²) in [6.07, 6.45) is 27.7. The zero-order chi connectivity index (χ0) is 98.9. The molecule has 8 saturated carbocycles. The predicted molar refractivity (Wildman–Crippen MR) is 559 cm³/mol. The fourth-order valence-electron chi connectivity index (χ4n) is 28.6. The van der Waals surface area contributed by atoms with Crippen LogP contribution in [-0.2, 0) is 113 Å². The van der Waals surface area contributed by atoms with E-state index >= 15 is 0 Å². The molecule has 0 amide bonds. The van der Waals surface area contributed by atoms with Gasteiger partial charge in [-0.05, 0) is 304 Å². The quantitative estimate of drug-likeness (QED) is 0.0379. The van der Waals surface area contributed by atoms with Crippen molar-refractivity contribution in [1.29, 1.82) is 0 Å². The second kappa shape index (κ2) is 43.2. The third-order valence-electron chi connectivity index (χ3n) is 34.8. The molecule has 143 heavy (non-hydrogen) atoms. The lowest BCUT2D eigenvalue weighted by molar-refractivity contribution is -0.162. The number of aryl methyl sites for hydroxylation is 4. The maximum Gasteiger partial charge on any atom is 0.317 e. The van der Waals surface area contributed by atoms with Gasteiger partial charge in [0.15, 0.2) is 53.4 Å². The molecule has 0 N–H and O–H groups in total. The van der Waals surface area contributed by atoms with Gasteiger partial charge < -0.3 is 66.3 Å². The van der Waals surface area contributed by atoms with Crippen molar-refractivity contribution in [1.82, 2.24) is 0 Å². The Labute approximate surface area is 856 Å². The molecular weight excluding hydrogens is 1880 g/mol. The Morgan fingerprint density at radius 2 is 0.622 bits per heavy atom. The van der Waals surface area contributed by atoms with Crippen LogP contribution in [0.2, 0.25) is 0 Å². The van der Waals surface area contributed by atoms with E-state index in [4.69, 9.17) is 66.3 Å². The van der Waals surface area contributed by atoms with Crippen molar-refractivity contribution in [3.05, 3.63) is 178 Å². The maximum atomic E-state index is 13.3. The standard InChI is InChI=1S/C24H33O2S.C23H31O2S.C18H19S.C14H11S.4C10H14O4/c1-16-8-21(27-6-4-3-5-7-27)9-17(2)22(16)26-23(25)24-13-18-10-19(14-24)12-20(11-18)15-24;1-15-7-20(26-5-3-4-6-26)8-16(2)21(15)25-22(24)23-12-17-9-18(13-23)11-19(10-17)14-23;1-18(2,3)15-8-10-16(11-9-15)19-13-12-14-6-4-5-7-17(14)19;1-2-7-13(8-3-1)15-11-10-12-6-4-5-9-14(12)15;4*1-2-7(11)14-9-6-3-5-4-12-10(9)8(5)13-6/h8-9,18-20H,3-7,10-15H2,1-2H3;7-8,17-19H,3-6,9-14H2,1-2H3;4-13H,1-3H3;1-11H;4*5-6,8-10H,2-4H2,1H3/q4*+1;;;;. The highest BCUT2D eigenvalue weighted by molar-refractivity contribution is 7.97. The molecule has 22 unspecified atom stereocenters. The lowest BCUT2D eigenvalue weighted by atomic mass is 9.49. The highest BCUT2D eigenvalue weighted by Crippen LogP contribution is 2.63. The van der Waals surface area contributed by atoms with Gasteiger partial charge in [0.05, 0.1) is 86.1 Å². The Kier molecular flexibility index (Phi) is 30.6. The Morgan fingerprint density at radius 1 is 0.336 bits per heavy atom. The number of carbonyl (C=O) groups excluding carboxylic acids is 6. The molecule has 766 valence electrons. The molecule has 22 fully saturated rings. The molecule has 2 aromatic heterocycles. The van der Waals surface area contributed by atoms with Crippen molar-refractivity contribution < 1.29 is 95.1 Å². The molecule has 0 radical (unpaired) electrons. The molecule has 8 aromatic rings. The lowest BCUT2D eigenvalue weighted by Crippen LogP contribution is -2.51. The van der Waals surface area contributed by atoms with Crippen molar-refractivity contribution in [2.45, 2.75) is 350 Å². The third kappa shape index (κ3) is 21.2. The Hall–Kier alpha value is -7.56. The number of benzene rings is 6. The fourth-order valence-corrected chi connectivity index (χ4v) is 37.3. The van der Waals surface area contributed by atoms with Crippen LogP contribution in [0.15, 0.2) is 160 Å². The smallest absolute Gasteiger partial charge is 0.317 e. The van der Waals surface area contributed by atoms with Crippen LogP contribution in [-0.4, -0.2) is 183 Å². The first kappa shape index (κ1) is 101. The number of carbonyl (C=O) groups is 6. The van der Waals surface area contributed by atoms with Crippen molar-refractivity contribution >= 4 is 98.7 Å². The van der Waals surface area contributed by atoms with Gasteiger partial charge in [-0.25, -0.2) is 0 Å². The van der Waals surface area contributed by atoms with Gasteiger partial charge in [-0.1, -0.05) is 103 Å². The van der Waals surface area contributed by atoms with Crippen LogP contribution in [0.25, 0.3) is 30.0 Å². The maximum absolute atomic E-state index is 13.3. The number of hydrogen-bond donors (Lipinski definition) is 0. The van der Waals surface area contributed by atoms with Gasteiger partial charge in [0, 0.05) is 115 Å². The van der Waals surface area contributed by atoms with Crippen molar-refractivity contribution in [2.75, 3.05) is 49.4 Å². The molecule has 20 nitrogen and oxygen atoms in total. The van der Waals surface area contributed by atoms with Crippen molar-refractivity contribution in [3.63, 3.8) is 0 Å². The van der Waals surface area contributed by atoms with Gasteiger partial charge in [0.1, 0.15) is 69.7 Å². The van der Waals surface area contributed by atoms with Crippen LogP contribution in [0.5, 0.6) is 11.5 Å². The molecule has 30 rings (SSSR count). The van der Waals surface area contributed by atoms with Crippen molar-refractivity contribution in [3.8, 4) is 21.3 Å². The summed E-state index contributed by atoms with van der Waals surface area (Å²) >= 11 is 0. The largest absolute Gasteiger partial charge is 0.457 e. The minimum Gasteiger partial charge on any atom is -0.457 e. The summed E-state index contributed by atoms with van der Waals surface area (Å²) in [5.74, 6) is 13.4. The van der Waals surface area contributed by atoms with E-state index in [1.54, 1.807) is 27.7 Å². The Balaban J connectivity index is 0.0000000979. The molecule has 14 aliphatic heterocycles. The van der Waals surface area contributed by atoms with Gasteiger partial charge >= 0.3 is 35.8 Å². The highest BCUT2D eigenvalue weighted by atomic mass is 32.2. The van der Waals surface area contributed by atoms with Crippen LogP contribution in [0.4, 0.5) is 0 Å². The minimum atomic E-state index is -0.169. The molecule has 22 aliphatic rings. The summed E-state index contributed by atoms with van der Waals surface area (Å²) in [5.41, 5.74) is 5.90. The average molecular weight is 2030 g/mol. The van der Waals surface area contributed by atoms with E-state index in [2.05, 4.69) is 199 Å². The number of esters is 6. The number of fused-ring (bicyclic) bond motifs is 6. The van der Waals surface area contributed by atoms with E-state index in [1.165, 1.54) is 139 Å². The van der Waals surface area contributed by atoms with Crippen LogP contribution in [0.1, 0.15) is 237 Å². The first-order valence-electron chi connectivity index (χ1n) is 54.3. The van der Waals surface area contributed by atoms with E-state index in [0.29, 0.717) is 71.1 Å². The van der Waals surface area contributed by atoms with Gasteiger partial charge in [0.25, 0.3) is 0 Å². The fraction of sp³-hybridized carbons (Fsp3) is 0.613. The zero-order valence-corrected chi connectivity index (χ0v) is 88.8. The molecule has 8 aliphatic carbocycles. The first-order chi connectivity index (χ1) is 69.2. The zero-order valence-electron chi connectivity index (χ0n) is 85.6. The second-order valence-electron chi connectivity index (χ2n) is 45.9. The average Bonchev–Trinajstić information content (AvgIpc) is 1.44. The Bertz CT molecular complexity index is 5530. The van der Waals surface area contributed by atoms with Crippen LogP contribution in [0.3, 0.4) is 0 Å². The van der Waals surface area contributed by atoms with Gasteiger partial charge in [-0.15, -0.1) is 0 Å². The minimum absolute atomic E-state index is 0.00856. The van der Waals surface area contributed by atoms with Gasteiger partial charge in [0.2, 0.25) is 0 Å². The van der Waals surface area contributed by atoms with Crippen LogP contribution >= 0.6 is 20.9 Å². The van der Waals surface area contributed by atoms with Gasteiger partial charge in [-0.2, -0.15) is 0 Å². The lowest BCUT2D eigenvalue weighted by Gasteiger charge is -2.55. The molecule has 6 aromatic carbocycles. The van der Waals surface area contributed by atoms with Crippen molar-refractivity contribution in [2.24, 2.45) is 70.0 Å². The summed E-state index contributed by atoms with van der Waals surface area (Å²) in [4.78, 5) is 77.1. The van der Waals surface area contributed by atoms with E-state index in [-0.39, 0.29) is 171 Å². The normalized spacial score (nSPS) is 35.2. The van der Waals surface area contributed by atoms with E-state index < -0.39 is 0 Å². The number of hydrogen-bond acceptors (Lipinski definition) is 20. The molecule has 22 atom stereocenters. The molecular formula is C119H150O20S4+4. The Morgan fingerprint density at radius 3 is 0.923 bits per heavy atom. The van der Waals surface area contributed by atoms with Crippen LogP contribution < -0.4 is 9.47 Å². The molecule has 16 bridgehead atoms. The van der Waals surface area contributed by atoms with E-state index in [9.17, 15) is 28.8 Å². The van der Waals surface area contributed by atoms with E-state index in [1.807, 2.05) is 0 Å². The van der Waals surface area contributed by atoms with Gasteiger partial charge in [-0.3, -0.25) is 28.8 Å². The molecule has 14 saturated heterocycles. The summed E-state index contributed by atoms with van der Waals surface area (Å²) < 4.78 is 81.8. The predicted octanol–water partition coefficient (Wildman–Crippen LogP) is 23.2. The second-order valence-corrected chi connectivity index (χ2v) is 54.2. The van der Waals surface area contributed by atoms with Crippen LogP contribution in [0, 0.1) is 97.7 Å². The first-order valence-corrected chi connectivity index (χ1v) is 60.0. The SMILES string of the molecule is CC(C)(C)c1ccc(-[s+]2ccc3ccccc32)cc1.CCC(=O)OC1C2CC3COC1C3O2.CCC(=O)OC1C2CC3COC1C3O2.CCC(=O)OC1C2CC3COC1C3O2.CCC(=O)OC1C2CC3COC1C3O2.Cc1cc([S+]2CCCC2)cc(C)c1OC(=O)C12CC3CC(CC(C3)C1)C2.Cc1cc([S+]2CCCCC2)cc(C)c1OC(=O)C12CC3CC(CC(C3)C1)C2.c1ccc(-[s+]2ccc3ccccc32)cc1. The molecule has 24 heteroatoms.